The zero-order valence-corrected chi connectivity index (χ0v) is 40.0. The number of fused-ring (bicyclic) bond motifs is 2. The predicted octanol–water partition coefficient (Wildman–Crippen LogP) is 8.93. The minimum absolute atomic E-state index is 0.0137. The van der Waals surface area contributed by atoms with Crippen LogP contribution in [0.3, 0.4) is 0 Å². The summed E-state index contributed by atoms with van der Waals surface area (Å²) in [5.74, 6) is -1.52. The van der Waals surface area contributed by atoms with Crippen molar-refractivity contribution in [2.75, 3.05) is 66.4 Å². The molecular weight excluding hydrogens is 847 g/mol. The molecule has 2 aliphatic heterocycles. The largest absolute Gasteiger partial charge is 0.459 e. The third kappa shape index (κ3) is 14.9. The first-order valence-corrected chi connectivity index (χ1v) is 25.2. The van der Waals surface area contributed by atoms with Gasteiger partial charge in [0, 0.05) is 50.6 Å². The summed E-state index contributed by atoms with van der Waals surface area (Å²) in [5.41, 5.74) is 2.33. The van der Waals surface area contributed by atoms with Crippen LogP contribution < -0.4 is 14.8 Å². The maximum Gasteiger partial charge on any atom is 0.412 e. The number of benzene rings is 1. The number of oxime groups is 1. The second-order valence-corrected chi connectivity index (χ2v) is 18.2. The van der Waals surface area contributed by atoms with E-state index < -0.39 is 36.2 Å². The van der Waals surface area contributed by atoms with E-state index in [1.165, 1.54) is 52.1 Å². The number of rotatable bonds is 31. The van der Waals surface area contributed by atoms with Crippen LogP contribution in [0.1, 0.15) is 147 Å². The molecule has 1 aromatic rings. The van der Waals surface area contributed by atoms with Crippen molar-refractivity contribution in [1.82, 2.24) is 10.2 Å². The van der Waals surface area contributed by atoms with E-state index in [1.54, 1.807) is 17.0 Å². The first kappa shape index (κ1) is 53.2. The molecule has 1 aromatic carbocycles. The van der Waals surface area contributed by atoms with Gasteiger partial charge in [-0.1, -0.05) is 94.9 Å². The Bertz CT molecular complexity index is 1670. The van der Waals surface area contributed by atoms with Gasteiger partial charge in [-0.2, -0.15) is 0 Å². The number of carbonyl (C=O) groups excluding carboxylic acids is 2. The van der Waals surface area contributed by atoms with Gasteiger partial charge in [0.1, 0.15) is 17.5 Å². The maximum absolute atomic E-state index is 14.0. The number of carbonyl (C=O) groups is 2. The van der Waals surface area contributed by atoms with Gasteiger partial charge in [-0.05, 0) is 80.6 Å². The molecule has 4 N–H and O–H groups in total. The van der Waals surface area contributed by atoms with E-state index in [0.29, 0.717) is 49.6 Å². The third-order valence-electron chi connectivity index (χ3n) is 13.6. The second kappa shape index (κ2) is 29.2. The molecular formula is C51H81N3O12. The van der Waals surface area contributed by atoms with Crippen LogP contribution in [-0.4, -0.2) is 123 Å². The minimum atomic E-state index is -1.51. The molecule has 0 spiro atoms. The number of nitrogens with one attached hydrogen (secondary N) is 1. The number of methoxy groups -OCH3 is 1. The Morgan fingerprint density at radius 3 is 2.36 bits per heavy atom. The van der Waals surface area contributed by atoms with E-state index >= 15 is 0 Å². The maximum atomic E-state index is 14.0. The van der Waals surface area contributed by atoms with Crippen molar-refractivity contribution in [1.29, 1.82) is 0 Å². The normalized spacial score (nSPS) is 24.9. The summed E-state index contributed by atoms with van der Waals surface area (Å²) in [6.45, 7) is 7.67. The first-order valence-electron chi connectivity index (χ1n) is 25.2. The zero-order valence-electron chi connectivity index (χ0n) is 40.0. The Kier molecular flexibility index (Phi) is 23.6. The summed E-state index contributed by atoms with van der Waals surface area (Å²) in [6.07, 6.45) is 21.4. The summed E-state index contributed by atoms with van der Waals surface area (Å²) in [5, 5.41) is 37.2. The summed E-state index contributed by atoms with van der Waals surface area (Å²) in [7, 11) is 1.33. The molecule has 0 radical (unpaired) electrons. The molecule has 0 bridgehead atoms. The number of hydrogen-bond donors (Lipinski definition) is 4. The fourth-order valence-electron chi connectivity index (χ4n) is 10.4. The smallest absolute Gasteiger partial charge is 0.412 e. The average molecular weight is 928 g/mol. The molecule has 2 amide bonds. The van der Waals surface area contributed by atoms with Crippen LogP contribution in [0.4, 0.5) is 9.59 Å². The summed E-state index contributed by atoms with van der Waals surface area (Å²) in [6, 6.07) is 4.61. The van der Waals surface area contributed by atoms with E-state index in [4.69, 9.17) is 38.4 Å². The molecule has 0 aromatic heterocycles. The van der Waals surface area contributed by atoms with Gasteiger partial charge in [-0.3, -0.25) is 4.90 Å². The van der Waals surface area contributed by atoms with Crippen LogP contribution in [-0.2, 0) is 23.8 Å². The second-order valence-electron chi connectivity index (χ2n) is 18.2. The van der Waals surface area contributed by atoms with Gasteiger partial charge in [0.05, 0.1) is 51.8 Å². The molecule has 7 atom stereocenters. The minimum Gasteiger partial charge on any atom is -0.459 e. The van der Waals surface area contributed by atoms with Gasteiger partial charge in [-0.25, -0.2) is 9.59 Å². The lowest BCUT2D eigenvalue weighted by molar-refractivity contribution is -0.256. The van der Waals surface area contributed by atoms with Gasteiger partial charge in [0.15, 0.2) is 0 Å². The fraction of sp³-hybridized carbons (Fsp3) is 0.745. The molecule has 4 aliphatic rings. The lowest BCUT2D eigenvalue weighted by atomic mass is 9.55. The van der Waals surface area contributed by atoms with Crippen molar-refractivity contribution in [3.05, 3.63) is 48.1 Å². The lowest BCUT2D eigenvalue weighted by Crippen LogP contribution is -2.70. The SMILES string of the molecule is C=CCO[C@@]12Oc3ccc(OC(=O)NCCCCCCCCCCCC)cc3[C@H]3[C@H](CCCCO)[C@@H](CCCCO)C=C(C(=NOC4CCCCO4)C[C@@H]1N(CCOCCO)C(=O)OC)[C@H]32. The number of unbranched alkanes of at least 4 members (excludes halogenated alkanes) is 11. The Balaban J connectivity index is 1.54. The van der Waals surface area contributed by atoms with Crippen LogP contribution in [0.15, 0.2) is 47.7 Å². The van der Waals surface area contributed by atoms with Crippen molar-refractivity contribution < 1.29 is 58.2 Å². The Morgan fingerprint density at radius 1 is 0.939 bits per heavy atom. The number of nitrogens with zero attached hydrogens (tertiary/aromatic N) is 2. The first-order chi connectivity index (χ1) is 32.3. The highest BCUT2D eigenvalue weighted by molar-refractivity contribution is 6.03. The van der Waals surface area contributed by atoms with E-state index in [-0.39, 0.29) is 70.4 Å². The molecule has 2 aliphatic carbocycles. The molecule has 2 fully saturated rings. The van der Waals surface area contributed by atoms with Gasteiger partial charge in [-0.15, -0.1) is 6.58 Å². The summed E-state index contributed by atoms with van der Waals surface area (Å²) in [4.78, 5) is 35.1. The molecule has 2 heterocycles. The van der Waals surface area contributed by atoms with Crippen molar-refractivity contribution in [2.24, 2.45) is 22.9 Å². The number of aliphatic hydroxyl groups is 3. The summed E-state index contributed by atoms with van der Waals surface area (Å²) < 4.78 is 37.3. The third-order valence-corrected chi connectivity index (χ3v) is 13.6. The number of allylic oxidation sites excluding steroid dienone is 1. The van der Waals surface area contributed by atoms with Crippen molar-refractivity contribution in [3.8, 4) is 11.5 Å². The molecule has 1 saturated heterocycles. The monoisotopic (exact) mass is 928 g/mol. The molecule has 372 valence electrons. The molecule has 5 rings (SSSR count). The van der Waals surface area contributed by atoms with Gasteiger partial charge >= 0.3 is 12.2 Å². The fourth-order valence-corrected chi connectivity index (χ4v) is 10.4. The molecule has 15 nitrogen and oxygen atoms in total. The van der Waals surface area contributed by atoms with E-state index in [0.717, 1.165) is 68.9 Å². The summed E-state index contributed by atoms with van der Waals surface area (Å²) >= 11 is 0. The van der Waals surface area contributed by atoms with E-state index in [2.05, 4.69) is 24.9 Å². The van der Waals surface area contributed by atoms with Crippen molar-refractivity contribution >= 4 is 17.9 Å². The number of ether oxygens (including phenoxy) is 6. The molecule has 15 heteroatoms. The van der Waals surface area contributed by atoms with Gasteiger partial charge in [0.2, 0.25) is 12.1 Å². The average Bonchev–Trinajstić information content (AvgIpc) is 3.33. The van der Waals surface area contributed by atoms with Crippen LogP contribution in [0.5, 0.6) is 11.5 Å². The van der Waals surface area contributed by atoms with E-state index in [1.807, 2.05) is 12.1 Å². The lowest BCUT2D eigenvalue weighted by Gasteiger charge is -2.59. The highest BCUT2D eigenvalue weighted by Crippen LogP contribution is 2.62. The quantitative estimate of drug-likeness (QED) is 0.0315. The van der Waals surface area contributed by atoms with Crippen molar-refractivity contribution in [3.63, 3.8) is 0 Å². The Hall–Kier alpha value is -3.73. The van der Waals surface area contributed by atoms with Crippen LogP contribution in [0.2, 0.25) is 0 Å². The molecule has 1 unspecified atom stereocenters. The van der Waals surface area contributed by atoms with Crippen LogP contribution in [0, 0.1) is 17.8 Å². The topological polar surface area (TPSA) is 187 Å². The van der Waals surface area contributed by atoms with Crippen LogP contribution >= 0.6 is 0 Å². The number of aliphatic hydroxyl groups excluding tert-OH is 3. The zero-order chi connectivity index (χ0) is 47.0. The standard InChI is InChI=1S/C51H81N3O12/c1-4-6-7-8-9-10-11-12-13-17-26-52-49(58)64-39-24-25-44-42(36-39)47-40(22-15-19-29-56)38(21-14-18-28-55)35-41-43(53-66-46-23-16-20-32-62-46)37-45(51(65-44,48(41)47)63-31-5-2)54(50(59)60-3)27-33-61-34-30-57/h5,24-25,35-36,38,40,45-48,55-57H,2,4,6-23,26-34,37H2,1,3H3,(H,52,58)/t38-,40+,45-,46?,47+,48+,51+/m0/s1. The van der Waals surface area contributed by atoms with E-state index in [9.17, 15) is 24.9 Å². The van der Waals surface area contributed by atoms with Crippen molar-refractivity contribution in [2.45, 2.75) is 159 Å². The molecule has 1 saturated carbocycles. The Morgan fingerprint density at radius 2 is 1.68 bits per heavy atom. The van der Waals surface area contributed by atoms with Gasteiger partial charge < -0.3 is 53.9 Å². The van der Waals surface area contributed by atoms with Crippen LogP contribution in [0.25, 0.3) is 0 Å². The number of hydrogen-bond acceptors (Lipinski definition) is 13. The molecule has 66 heavy (non-hydrogen) atoms. The predicted molar refractivity (Wildman–Crippen MR) is 253 cm³/mol. The number of amides is 2. The highest BCUT2D eigenvalue weighted by Gasteiger charge is 2.65. The highest BCUT2D eigenvalue weighted by atomic mass is 16.8. The van der Waals surface area contributed by atoms with Gasteiger partial charge in [0.25, 0.3) is 0 Å². The Labute approximate surface area is 393 Å².